The lowest BCUT2D eigenvalue weighted by Gasteiger charge is -2.70. The molecule has 24 heavy (non-hydrogen) atoms. The zero-order valence-corrected chi connectivity index (χ0v) is 19.0. The molecule has 4 unspecified atom stereocenters. The predicted molar refractivity (Wildman–Crippen MR) is 106 cm³/mol. The molecule has 2 saturated carbocycles. The number of hydrogen-bond acceptors (Lipinski definition) is 0. The number of fused-ring (bicyclic) bond motifs is 5. The zero-order chi connectivity index (χ0) is 19.2. The van der Waals surface area contributed by atoms with E-state index >= 15 is 0 Å². The molecule has 3 aliphatic rings. The summed E-state index contributed by atoms with van der Waals surface area (Å²) in [4.78, 5) is 0. The van der Waals surface area contributed by atoms with Crippen LogP contribution in [0.15, 0.2) is 11.1 Å². The molecular weight excluding hydrogens is 288 g/mol. The fourth-order valence-corrected chi connectivity index (χ4v) is 10.0. The van der Waals surface area contributed by atoms with Gasteiger partial charge in [0.1, 0.15) is 0 Å². The molecule has 3 aliphatic carbocycles. The SMILES string of the molecule is CC1=C(C)C2(C)C3(C)C(C)(C)C(C)(C)C(C)(C3(C)C)C2(C)C1(C)C. The highest BCUT2D eigenvalue weighted by Gasteiger charge is 2.94. The maximum atomic E-state index is 2.65. The third kappa shape index (κ3) is 0.999. The van der Waals surface area contributed by atoms with Crippen LogP contribution >= 0.6 is 0 Å². The Morgan fingerprint density at radius 1 is 0.417 bits per heavy atom. The molecule has 0 aromatic heterocycles. The van der Waals surface area contributed by atoms with Crippen molar-refractivity contribution in [1.29, 1.82) is 0 Å². The van der Waals surface area contributed by atoms with E-state index in [1.807, 2.05) is 0 Å². The number of hydrogen-bond donors (Lipinski definition) is 0. The second kappa shape index (κ2) is 3.72. The Hall–Kier alpha value is -0.260. The Labute approximate surface area is 151 Å². The average Bonchev–Trinajstić information content (AvgIpc) is 2.64. The van der Waals surface area contributed by atoms with Crippen LogP contribution in [-0.4, -0.2) is 0 Å². The van der Waals surface area contributed by atoms with Crippen molar-refractivity contribution >= 4 is 0 Å². The Kier molecular flexibility index (Phi) is 2.87. The monoisotopic (exact) mass is 330 g/mol. The van der Waals surface area contributed by atoms with E-state index in [-0.39, 0.29) is 43.3 Å². The minimum atomic E-state index is 0.226. The van der Waals surface area contributed by atoms with Crippen LogP contribution in [0.25, 0.3) is 0 Å². The molecule has 0 saturated heterocycles. The molecule has 0 nitrogen and oxygen atoms in total. The summed E-state index contributed by atoms with van der Waals surface area (Å²) in [5, 5.41) is 0. The number of allylic oxidation sites excluding steroid dienone is 2. The Balaban J connectivity index is 2.61. The van der Waals surface area contributed by atoms with E-state index in [0.29, 0.717) is 0 Å². The van der Waals surface area contributed by atoms with Crippen molar-refractivity contribution in [3.8, 4) is 0 Å². The molecule has 4 atom stereocenters. The highest BCUT2D eigenvalue weighted by molar-refractivity contribution is 5.52. The predicted octanol–water partition coefficient (Wildman–Crippen LogP) is 7.49. The van der Waals surface area contributed by atoms with E-state index in [0.717, 1.165) is 0 Å². The van der Waals surface area contributed by atoms with Crippen molar-refractivity contribution in [2.75, 3.05) is 0 Å². The summed E-state index contributed by atoms with van der Waals surface area (Å²) in [6.45, 7) is 36.0. The van der Waals surface area contributed by atoms with Gasteiger partial charge >= 0.3 is 0 Å². The number of rotatable bonds is 0. The van der Waals surface area contributed by atoms with E-state index in [1.165, 1.54) is 0 Å². The minimum Gasteiger partial charge on any atom is -0.0676 e. The molecule has 0 heteroatoms. The molecule has 3 rings (SSSR count). The Bertz CT molecular complexity index is 668. The molecule has 2 fully saturated rings. The van der Waals surface area contributed by atoms with Gasteiger partial charge in [-0.25, -0.2) is 0 Å². The molecule has 0 spiro atoms. The van der Waals surface area contributed by atoms with E-state index in [2.05, 4.69) is 96.9 Å². The standard InChI is InChI=1S/C24H42/c1-15-16(2)21(11)22(12,17(15,3)4)24(14)19(7,8)18(5,6)23(21,13)20(24,9)10/h1-14H3. The molecule has 0 aliphatic heterocycles. The molecule has 0 aromatic carbocycles. The largest absolute Gasteiger partial charge is 0.0676 e. The molecular formula is C24H42. The molecule has 0 N–H and O–H groups in total. The van der Waals surface area contributed by atoms with Crippen LogP contribution in [-0.2, 0) is 0 Å². The molecule has 138 valence electrons. The van der Waals surface area contributed by atoms with E-state index < -0.39 is 0 Å². The summed E-state index contributed by atoms with van der Waals surface area (Å²) < 4.78 is 0. The van der Waals surface area contributed by atoms with Crippen LogP contribution in [0.2, 0.25) is 0 Å². The maximum Gasteiger partial charge on any atom is 0.00155 e. The van der Waals surface area contributed by atoms with Crippen molar-refractivity contribution in [2.24, 2.45) is 43.3 Å². The van der Waals surface area contributed by atoms with Gasteiger partial charge in [0.25, 0.3) is 0 Å². The summed E-state index contributed by atoms with van der Waals surface area (Å²) in [6, 6.07) is 0. The molecule has 0 radical (unpaired) electrons. The second-order valence-corrected chi connectivity index (χ2v) is 12.2. The van der Waals surface area contributed by atoms with Gasteiger partial charge in [-0.2, -0.15) is 0 Å². The van der Waals surface area contributed by atoms with Crippen molar-refractivity contribution in [2.45, 2.75) is 96.9 Å². The second-order valence-electron chi connectivity index (χ2n) is 12.2. The summed E-state index contributed by atoms with van der Waals surface area (Å²) in [5.74, 6) is 0. The van der Waals surface area contributed by atoms with Crippen LogP contribution in [0.3, 0.4) is 0 Å². The van der Waals surface area contributed by atoms with Crippen LogP contribution in [0.4, 0.5) is 0 Å². The van der Waals surface area contributed by atoms with Crippen LogP contribution in [0.1, 0.15) is 96.9 Å². The van der Waals surface area contributed by atoms with Gasteiger partial charge in [-0.3, -0.25) is 0 Å². The molecule has 0 heterocycles. The first-order chi connectivity index (χ1) is 10.3. The quantitative estimate of drug-likeness (QED) is 0.403. The fourth-order valence-electron chi connectivity index (χ4n) is 10.0. The van der Waals surface area contributed by atoms with Gasteiger partial charge in [-0.1, -0.05) is 94.2 Å². The van der Waals surface area contributed by atoms with E-state index in [9.17, 15) is 0 Å². The highest BCUT2D eigenvalue weighted by atomic mass is 15.0. The van der Waals surface area contributed by atoms with Gasteiger partial charge in [0, 0.05) is 5.41 Å². The first-order valence-corrected chi connectivity index (χ1v) is 10.0. The first kappa shape index (κ1) is 18.5. The third-order valence-electron chi connectivity index (χ3n) is 13.1. The van der Waals surface area contributed by atoms with Crippen molar-refractivity contribution in [3.63, 3.8) is 0 Å². The lowest BCUT2D eigenvalue weighted by atomic mass is 9.33. The summed E-state index contributed by atoms with van der Waals surface area (Å²) in [6.07, 6.45) is 0. The summed E-state index contributed by atoms with van der Waals surface area (Å²) in [5.41, 5.74) is 5.35. The van der Waals surface area contributed by atoms with Crippen molar-refractivity contribution < 1.29 is 0 Å². The van der Waals surface area contributed by atoms with Gasteiger partial charge in [0.15, 0.2) is 0 Å². The Morgan fingerprint density at radius 2 is 0.792 bits per heavy atom. The van der Waals surface area contributed by atoms with E-state index in [4.69, 9.17) is 0 Å². The molecule has 0 amide bonds. The molecule has 2 bridgehead atoms. The lowest BCUT2D eigenvalue weighted by Crippen LogP contribution is -2.65. The van der Waals surface area contributed by atoms with Gasteiger partial charge < -0.3 is 0 Å². The van der Waals surface area contributed by atoms with Crippen molar-refractivity contribution in [3.05, 3.63) is 11.1 Å². The zero-order valence-electron chi connectivity index (χ0n) is 19.0. The lowest BCUT2D eigenvalue weighted by molar-refractivity contribution is -0.216. The van der Waals surface area contributed by atoms with Gasteiger partial charge in [-0.05, 0) is 51.8 Å². The topological polar surface area (TPSA) is 0 Å². The van der Waals surface area contributed by atoms with Crippen LogP contribution in [0, 0.1) is 43.3 Å². The first-order valence-electron chi connectivity index (χ1n) is 10.0. The normalized spacial score (nSPS) is 52.8. The van der Waals surface area contributed by atoms with Gasteiger partial charge in [0.05, 0.1) is 0 Å². The molecule has 0 aromatic rings. The van der Waals surface area contributed by atoms with Crippen LogP contribution < -0.4 is 0 Å². The summed E-state index contributed by atoms with van der Waals surface area (Å²) in [7, 11) is 0. The smallest absolute Gasteiger partial charge is 0.00155 e. The maximum absolute atomic E-state index is 2.65. The highest BCUT2D eigenvalue weighted by Crippen LogP contribution is 2.99. The minimum absolute atomic E-state index is 0.226. The average molecular weight is 331 g/mol. The Morgan fingerprint density at radius 3 is 1.21 bits per heavy atom. The van der Waals surface area contributed by atoms with Gasteiger partial charge in [0.2, 0.25) is 0 Å². The van der Waals surface area contributed by atoms with Gasteiger partial charge in [-0.15, -0.1) is 0 Å². The third-order valence-corrected chi connectivity index (χ3v) is 13.1. The van der Waals surface area contributed by atoms with Crippen LogP contribution in [0.5, 0.6) is 0 Å². The fraction of sp³-hybridized carbons (Fsp3) is 0.917. The van der Waals surface area contributed by atoms with E-state index in [1.54, 1.807) is 11.1 Å². The summed E-state index contributed by atoms with van der Waals surface area (Å²) >= 11 is 0. The van der Waals surface area contributed by atoms with Crippen molar-refractivity contribution in [1.82, 2.24) is 0 Å².